The second-order valence-corrected chi connectivity index (χ2v) is 5.79. The third kappa shape index (κ3) is 5.59. The van der Waals surface area contributed by atoms with E-state index in [1.54, 1.807) is 24.3 Å². The number of aliphatic imine (C=N–C) groups is 1. The molecule has 2 rings (SSSR count). The predicted octanol–water partition coefficient (Wildman–Crippen LogP) is 3.69. The van der Waals surface area contributed by atoms with Crippen LogP contribution in [0.2, 0.25) is 0 Å². The van der Waals surface area contributed by atoms with Gasteiger partial charge in [0.25, 0.3) is 0 Å². The summed E-state index contributed by atoms with van der Waals surface area (Å²) in [6.45, 7) is 0.731. The molecule has 0 aliphatic heterocycles. The number of allylic oxidation sites excluding steroid dienone is 1. The van der Waals surface area contributed by atoms with E-state index >= 15 is 0 Å². The summed E-state index contributed by atoms with van der Waals surface area (Å²) < 4.78 is 40.4. The van der Waals surface area contributed by atoms with E-state index in [4.69, 9.17) is 5.73 Å². The number of hydrogen-bond acceptors (Lipinski definition) is 5. The molecule has 1 heterocycles. The standard InChI is InChI=1S/C18H20F3N5/c1-26(2)12-13-6-8-14(9-7-13)24-15(11-22)17(18(19,20)21)25-16-5-3-4-10-23-16/h3-11,24H,12,22H2,1-2H3/b15-11+,25-17-. The zero-order valence-corrected chi connectivity index (χ0v) is 14.5. The molecule has 0 aliphatic rings. The normalized spacial score (nSPS) is 13.2. The van der Waals surface area contributed by atoms with Crippen LogP contribution in [0, 0.1) is 0 Å². The van der Waals surface area contributed by atoms with Crippen LogP contribution in [0.1, 0.15) is 5.56 Å². The van der Waals surface area contributed by atoms with Crippen LogP contribution in [-0.4, -0.2) is 35.9 Å². The molecule has 5 nitrogen and oxygen atoms in total. The zero-order valence-electron chi connectivity index (χ0n) is 14.5. The molecule has 1 aromatic carbocycles. The third-order valence-corrected chi connectivity index (χ3v) is 3.30. The predicted molar refractivity (Wildman–Crippen MR) is 97.1 cm³/mol. The maximum Gasteiger partial charge on any atom is 0.435 e. The number of nitrogens with zero attached hydrogens (tertiary/aromatic N) is 3. The van der Waals surface area contributed by atoms with Crippen LogP contribution in [0.4, 0.5) is 24.7 Å². The molecule has 0 unspecified atom stereocenters. The number of pyridine rings is 1. The van der Waals surface area contributed by atoms with Gasteiger partial charge in [-0.25, -0.2) is 9.98 Å². The Bertz CT molecular complexity index is 766. The van der Waals surface area contributed by atoms with Crippen molar-refractivity contribution in [2.45, 2.75) is 12.7 Å². The number of hydrogen-bond donors (Lipinski definition) is 2. The molecule has 138 valence electrons. The average molecular weight is 363 g/mol. The fourth-order valence-corrected chi connectivity index (χ4v) is 2.20. The molecule has 3 N–H and O–H groups in total. The average Bonchev–Trinajstić information content (AvgIpc) is 2.59. The van der Waals surface area contributed by atoms with Crippen molar-refractivity contribution in [1.82, 2.24) is 9.88 Å². The molecule has 2 aromatic rings. The van der Waals surface area contributed by atoms with Crippen molar-refractivity contribution in [2.24, 2.45) is 10.7 Å². The molecule has 0 saturated carbocycles. The molecule has 0 radical (unpaired) electrons. The maximum absolute atomic E-state index is 13.5. The van der Waals surface area contributed by atoms with Gasteiger partial charge in [0.05, 0.1) is 5.70 Å². The minimum atomic E-state index is -4.69. The van der Waals surface area contributed by atoms with Gasteiger partial charge in [0.15, 0.2) is 11.5 Å². The molecular weight excluding hydrogens is 343 g/mol. The van der Waals surface area contributed by atoms with Gasteiger partial charge in [0, 0.05) is 24.6 Å². The topological polar surface area (TPSA) is 66.5 Å². The van der Waals surface area contributed by atoms with E-state index in [2.05, 4.69) is 15.3 Å². The van der Waals surface area contributed by atoms with Crippen LogP contribution in [-0.2, 0) is 6.54 Å². The van der Waals surface area contributed by atoms with Gasteiger partial charge in [0.2, 0.25) is 0 Å². The van der Waals surface area contributed by atoms with Gasteiger partial charge in [0.1, 0.15) is 0 Å². The highest BCUT2D eigenvalue weighted by Crippen LogP contribution is 2.26. The van der Waals surface area contributed by atoms with Crippen LogP contribution in [0.5, 0.6) is 0 Å². The Morgan fingerprint density at radius 3 is 2.38 bits per heavy atom. The molecule has 0 bridgehead atoms. The van der Waals surface area contributed by atoms with E-state index in [-0.39, 0.29) is 11.5 Å². The minimum absolute atomic E-state index is 0.0534. The second kappa shape index (κ2) is 8.48. The number of nitrogens with two attached hydrogens (primary N) is 1. The lowest BCUT2D eigenvalue weighted by Gasteiger charge is -2.16. The highest BCUT2D eigenvalue weighted by Gasteiger charge is 2.38. The summed E-state index contributed by atoms with van der Waals surface area (Å²) in [7, 11) is 3.87. The van der Waals surface area contributed by atoms with Crippen molar-refractivity contribution in [1.29, 1.82) is 0 Å². The van der Waals surface area contributed by atoms with Crippen LogP contribution < -0.4 is 11.1 Å². The van der Waals surface area contributed by atoms with Gasteiger partial charge in [-0.3, -0.25) is 0 Å². The molecule has 0 fully saturated rings. The molecule has 0 atom stereocenters. The number of alkyl halides is 3. The Morgan fingerprint density at radius 2 is 1.88 bits per heavy atom. The van der Waals surface area contributed by atoms with E-state index in [1.165, 1.54) is 12.3 Å². The largest absolute Gasteiger partial charge is 0.435 e. The number of anilines is 1. The van der Waals surface area contributed by atoms with Crippen molar-refractivity contribution < 1.29 is 13.2 Å². The van der Waals surface area contributed by atoms with Gasteiger partial charge in [-0.1, -0.05) is 18.2 Å². The highest BCUT2D eigenvalue weighted by atomic mass is 19.4. The van der Waals surface area contributed by atoms with E-state index in [0.717, 1.165) is 18.3 Å². The second-order valence-electron chi connectivity index (χ2n) is 5.79. The maximum atomic E-state index is 13.5. The third-order valence-electron chi connectivity index (χ3n) is 3.30. The van der Waals surface area contributed by atoms with E-state index in [9.17, 15) is 13.2 Å². The summed E-state index contributed by atoms with van der Waals surface area (Å²) in [6.07, 6.45) is -2.47. The number of halogens is 3. The van der Waals surface area contributed by atoms with Gasteiger partial charge in [-0.15, -0.1) is 0 Å². The molecule has 1 aromatic heterocycles. The molecule has 0 amide bonds. The first-order chi connectivity index (χ1) is 12.3. The molecule has 8 heteroatoms. The van der Waals surface area contributed by atoms with Crippen LogP contribution in [0.25, 0.3) is 0 Å². The van der Waals surface area contributed by atoms with Crippen molar-refractivity contribution in [3.8, 4) is 0 Å². The summed E-state index contributed by atoms with van der Waals surface area (Å²) in [4.78, 5) is 9.42. The summed E-state index contributed by atoms with van der Waals surface area (Å²) in [6, 6.07) is 11.6. The van der Waals surface area contributed by atoms with Gasteiger partial charge < -0.3 is 16.0 Å². The zero-order chi connectivity index (χ0) is 19.2. The Hall–Kier alpha value is -2.87. The Labute approximate surface area is 150 Å². The van der Waals surface area contributed by atoms with Crippen LogP contribution >= 0.6 is 0 Å². The first kappa shape index (κ1) is 19.5. The van der Waals surface area contributed by atoms with Crippen molar-refractivity contribution in [3.63, 3.8) is 0 Å². The first-order valence-electron chi connectivity index (χ1n) is 7.79. The minimum Gasteiger partial charge on any atom is -0.403 e. The Balaban J connectivity index is 2.28. The number of rotatable bonds is 6. The first-order valence-corrected chi connectivity index (χ1v) is 7.79. The van der Waals surface area contributed by atoms with E-state index < -0.39 is 11.9 Å². The SMILES string of the molecule is CN(C)Cc1ccc(NC(=C/N)/C(=N/c2ccccn2)C(F)(F)F)cc1. The summed E-state index contributed by atoms with van der Waals surface area (Å²) in [5.41, 5.74) is 5.46. The number of nitrogens with one attached hydrogen (secondary N) is 1. The quantitative estimate of drug-likeness (QED) is 0.768. The summed E-state index contributed by atoms with van der Waals surface area (Å²) in [5, 5.41) is 2.68. The molecule has 26 heavy (non-hydrogen) atoms. The monoisotopic (exact) mass is 363 g/mol. The Kier molecular flexibility index (Phi) is 6.35. The smallest absolute Gasteiger partial charge is 0.403 e. The Morgan fingerprint density at radius 1 is 1.19 bits per heavy atom. The van der Waals surface area contributed by atoms with Gasteiger partial charge in [-0.05, 0) is 43.9 Å². The molecule has 0 saturated heterocycles. The summed E-state index contributed by atoms with van der Waals surface area (Å²) in [5.74, 6) is -0.0534. The lowest BCUT2D eigenvalue weighted by Crippen LogP contribution is -2.29. The molecule has 0 aliphatic carbocycles. The highest BCUT2D eigenvalue weighted by molar-refractivity contribution is 6.07. The fourth-order valence-electron chi connectivity index (χ4n) is 2.20. The summed E-state index contributed by atoms with van der Waals surface area (Å²) >= 11 is 0. The lowest BCUT2D eigenvalue weighted by molar-refractivity contribution is -0.0581. The number of benzene rings is 1. The van der Waals surface area contributed by atoms with Crippen LogP contribution in [0.3, 0.4) is 0 Å². The molecule has 0 spiro atoms. The fraction of sp³-hybridized carbons (Fsp3) is 0.222. The van der Waals surface area contributed by atoms with E-state index in [1.807, 2.05) is 31.1 Å². The lowest BCUT2D eigenvalue weighted by atomic mass is 10.2. The molecular formula is C18H20F3N5. The van der Waals surface area contributed by atoms with Gasteiger partial charge >= 0.3 is 6.18 Å². The van der Waals surface area contributed by atoms with E-state index in [0.29, 0.717) is 5.69 Å². The van der Waals surface area contributed by atoms with Crippen molar-refractivity contribution in [2.75, 3.05) is 19.4 Å². The number of aromatic nitrogens is 1. The van der Waals surface area contributed by atoms with Crippen molar-refractivity contribution in [3.05, 3.63) is 66.1 Å². The van der Waals surface area contributed by atoms with Crippen LogP contribution in [0.15, 0.2) is 65.6 Å². The van der Waals surface area contributed by atoms with Crippen molar-refractivity contribution >= 4 is 17.2 Å². The van der Waals surface area contributed by atoms with Gasteiger partial charge in [-0.2, -0.15) is 13.2 Å².